The molecule has 4 nitrogen and oxygen atoms in total. The van der Waals surface area contributed by atoms with Gasteiger partial charge in [0, 0.05) is 23.8 Å². The first-order chi connectivity index (χ1) is 8.16. The summed E-state index contributed by atoms with van der Waals surface area (Å²) >= 11 is 0. The van der Waals surface area contributed by atoms with E-state index in [1.54, 1.807) is 30.5 Å². The van der Waals surface area contributed by atoms with Crippen LogP contribution in [0, 0.1) is 6.92 Å². The highest BCUT2D eigenvalue weighted by Gasteiger charge is 2.07. The number of nitrogens with zero attached hydrogens (tertiary/aromatic N) is 1. The van der Waals surface area contributed by atoms with Crippen LogP contribution in [0.5, 0.6) is 0 Å². The highest BCUT2D eigenvalue weighted by molar-refractivity contribution is 6.04. The van der Waals surface area contributed by atoms with Gasteiger partial charge in [-0.05, 0) is 36.8 Å². The van der Waals surface area contributed by atoms with Gasteiger partial charge in [-0.1, -0.05) is 6.07 Å². The number of benzene rings is 1. The number of hydrogen-bond donors (Lipinski definition) is 2. The van der Waals surface area contributed by atoms with Crippen molar-refractivity contribution in [3.63, 3.8) is 0 Å². The van der Waals surface area contributed by atoms with Gasteiger partial charge < -0.3 is 11.1 Å². The molecule has 2 aromatic rings. The first-order valence-corrected chi connectivity index (χ1v) is 5.24. The maximum Gasteiger partial charge on any atom is 0.257 e. The lowest BCUT2D eigenvalue weighted by atomic mass is 10.1. The fourth-order valence-corrected chi connectivity index (χ4v) is 1.47. The number of nitrogens with two attached hydrogens (primary N) is 1. The van der Waals surface area contributed by atoms with Crippen LogP contribution in [0.3, 0.4) is 0 Å². The van der Waals surface area contributed by atoms with E-state index in [9.17, 15) is 4.79 Å². The van der Waals surface area contributed by atoms with Crippen LogP contribution in [0.1, 0.15) is 15.9 Å². The van der Waals surface area contributed by atoms with Crippen molar-refractivity contribution < 1.29 is 4.79 Å². The van der Waals surface area contributed by atoms with E-state index in [1.165, 1.54) is 6.20 Å². The number of anilines is 2. The van der Waals surface area contributed by atoms with Crippen LogP contribution in [0.15, 0.2) is 42.7 Å². The number of aromatic nitrogens is 1. The van der Waals surface area contributed by atoms with E-state index in [2.05, 4.69) is 10.3 Å². The zero-order valence-electron chi connectivity index (χ0n) is 9.47. The van der Waals surface area contributed by atoms with Crippen LogP contribution in [-0.4, -0.2) is 10.9 Å². The molecule has 1 aromatic carbocycles. The Morgan fingerprint density at radius 1 is 1.35 bits per heavy atom. The van der Waals surface area contributed by atoms with Crippen molar-refractivity contribution in [3.05, 3.63) is 53.9 Å². The summed E-state index contributed by atoms with van der Waals surface area (Å²) in [5.41, 5.74) is 8.51. The number of nitrogens with one attached hydrogen (secondary N) is 1. The molecule has 0 aliphatic rings. The minimum Gasteiger partial charge on any atom is -0.399 e. The number of pyridine rings is 1. The molecule has 0 unspecified atom stereocenters. The van der Waals surface area contributed by atoms with Gasteiger partial charge in [0.2, 0.25) is 0 Å². The molecule has 1 heterocycles. The number of rotatable bonds is 2. The van der Waals surface area contributed by atoms with E-state index in [4.69, 9.17) is 5.73 Å². The molecule has 1 aromatic heterocycles. The van der Waals surface area contributed by atoms with Crippen LogP contribution in [0.25, 0.3) is 0 Å². The summed E-state index contributed by atoms with van der Waals surface area (Å²) in [5.74, 6) is -0.188. The second-order valence-electron chi connectivity index (χ2n) is 3.77. The minimum absolute atomic E-state index is 0.188. The zero-order valence-corrected chi connectivity index (χ0v) is 9.47. The lowest BCUT2D eigenvalue weighted by Gasteiger charge is -2.08. The number of hydrogen-bond acceptors (Lipinski definition) is 3. The van der Waals surface area contributed by atoms with Gasteiger partial charge in [-0.25, -0.2) is 0 Å². The van der Waals surface area contributed by atoms with Crippen molar-refractivity contribution in [1.82, 2.24) is 4.98 Å². The third-order valence-electron chi connectivity index (χ3n) is 2.43. The summed E-state index contributed by atoms with van der Waals surface area (Å²) in [4.78, 5) is 15.8. The highest BCUT2D eigenvalue weighted by Crippen LogP contribution is 2.18. The van der Waals surface area contributed by atoms with Gasteiger partial charge in [-0.3, -0.25) is 9.78 Å². The number of amides is 1. The van der Waals surface area contributed by atoms with Crippen molar-refractivity contribution in [2.45, 2.75) is 6.92 Å². The molecule has 1 amide bonds. The Kier molecular flexibility index (Phi) is 3.05. The third-order valence-corrected chi connectivity index (χ3v) is 2.43. The summed E-state index contributed by atoms with van der Waals surface area (Å²) in [5, 5.41) is 2.81. The number of nitrogen functional groups attached to an aromatic ring is 1. The Labute approximate surface area is 99.5 Å². The molecule has 0 bridgehead atoms. The standard InChI is InChI=1S/C13H13N3O/c1-9-4-5-11(14)7-12(9)16-13(17)10-3-2-6-15-8-10/h2-8H,14H2,1H3,(H,16,17). The summed E-state index contributed by atoms with van der Waals surface area (Å²) < 4.78 is 0. The Bertz CT molecular complexity index is 538. The molecule has 0 fully saturated rings. The van der Waals surface area contributed by atoms with Crippen molar-refractivity contribution in [1.29, 1.82) is 0 Å². The van der Waals surface area contributed by atoms with E-state index < -0.39 is 0 Å². The molecule has 0 aliphatic carbocycles. The molecule has 86 valence electrons. The van der Waals surface area contributed by atoms with Crippen LogP contribution in [0.4, 0.5) is 11.4 Å². The average Bonchev–Trinajstić information content (AvgIpc) is 2.35. The maximum absolute atomic E-state index is 11.9. The van der Waals surface area contributed by atoms with Gasteiger partial charge in [0.05, 0.1) is 5.56 Å². The van der Waals surface area contributed by atoms with Crippen molar-refractivity contribution in [2.24, 2.45) is 0 Å². The van der Waals surface area contributed by atoms with Crippen molar-refractivity contribution in [2.75, 3.05) is 11.1 Å². The molecule has 2 rings (SSSR count). The van der Waals surface area contributed by atoms with Crippen LogP contribution < -0.4 is 11.1 Å². The lowest BCUT2D eigenvalue weighted by molar-refractivity contribution is 0.102. The molecule has 0 saturated heterocycles. The second-order valence-corrected chi connectivity index (χ2v) is 3.77. The lowest BCUT2D eigenvalue weighted by Crippen LogP contribution is -2.13. The van der Waals surface area contributed by atoms with E-state index in [-0.39, 0.29) is 5.91 Å². The maximum atomic E-state index is 11.9. The first kappa shape index (κ1) is 11.1. The summed E-state index contributed by atoms with van der Waals surface area (Å²) in [6.07, 6.45) is 3.15. The summed E-state index contributed by atoms with van der Waals surface area (Å²) in [7, 11) is 0. The molecule has 0 spiro atoms. The summed E-state index contributed by atoms with van der Waals surface area (Å²) in [6.45, 7) is 1.91. The van der Waals surface area contributed by atoms with Crippen LogP contribution in [0.2, 0.25) is 0 Å². The number of carbonyl (C=O) groups is 1. The fourth-order valence-electron chi connectivity index (χ4n) is 1.47. The van der Waals surface area contributed by atoms with Crippen LogP contribution >= 0.6 is 0 Å². The van der Waals surface area contributed by atoms with E-state index in [1.807, 2.05) is 13.0 Å². The molecular weight excluding hydrogens is 214 g/mol. The number of aryl methyl sites for hydroxylation is 1. The topological polar surface area (TPSA) is 68.0 Å². The van der Waals surface area contributed by atoms with Crippen LogP contribution in [-0.2, 0) is 0 Å². The van der Waals surface area contributed by atoms with Gasteiger partial charge in [-0.15, -0.1) is 0 Å². The molecular formula is C13H13N3O. The molecule has 0 radical (unpaired) electrons. The Balaban J connectivity index is 2.22. The SMILES string of the molecule is Cc1ccc(N)cc1NC(=O)c1cccnc1. The van der Waals surface area contributed by atoms with Gasteiger partial charge in [0.25, 0.3) is 5.91 Å². The number of carbonyl (C=O) groups excluding carboxylic acids is 1. The quantitative estimate of drug-likeness (QED) is 0.773. The average molecular weight is 227 g/mol. The predicted molar refractivity (Wildman–Crippen MR) is 67.8 cm³/mol. The Morgan fingerprint density at radius 2 is 2.18 bits per heavy atom. The minimum atomic E-state index is -0.188. The van der Waals surface area contributed by atoms with Gasteiger partial charge in [0.1, 0.15) is 0 Å². The smallest absolute Gasteiger partial charge is 0.257 e. The molecule has 0 atom stereocenters. The monoisotopic (exact) mass is 227 g/mol. The zero-order chi connectivity index (χ0) is 12.3. The molecule has 3 N–H and O–H groups in total. The van der Waals surface area contributed by atoms with E-state index in [0.717, 1.165) is 11.3 Å². The van der Waals surface area contributed by atoms with Crippen molar-refractivity contribution >= 4 is 17.3 Å². The van der Waals surface area contributed by atoms with E-state index in [0.29, 0.717) is 11.3 Å². The summed E-state index contributed by atoms with van der Waals surface area (Å²) in [6, 6.07) is 8.85. The molecule has 0 saturated carbocycles. The molecule has 17 heavy (non-hydrogen) atoms. The van der Waals surface area contributed by atoms with Crippen molar-refractivity contribution in [3.8, 4) is 0 Å². The normalized spacial score (nSPS) is 9.94. The largest absolute Gasteiger partial charge is 0.399 e. The Morgan fingerprint density at radius 3 is 2.88 bits per heavy atom. The molecule has 4 heteroatoms. The Hall–Kier alpha value is -2.36. The molecule has 0 aliphatic heterocycles. The predicted octanol–water partition coefficient (Wildman–Crippen LogP) is 2.22. The third kappa shape index (κ3) is 2.60. The van der Waals surface area contributed by atoms with Gasteiger partial charge in [0.15, 0.2) is 0 Å². The van der Waals surface area contributed by atoms with Gasteiger partial charge >= 0.3 is 0 Å². The van der Waals surface area contributed by atoms with E-state index >= 15 is 0 Å². The fraction of sp³-hybridized carbons (Fsp3) is 0.0769. The highest BCUT2D eigenvalue weighted by atomic mass is 16.1. The first-order valence-electron chi connectivity index (χ1n) is 5.24. The van der Waals surface area contributed by atoms with Gasteiger partial charge in [-0.2, -0.15) is 0 Å². The second kappa shape index (κ2) is 4.65.